The van der Waals surface area contributed by atoms with Crippen LogP contribution in [0.4, 0.5) is 0 Å². The van der Waals surface area contributed by atoms with E-state index in [-0.39, 0.29) is 12.5 Å². The molecular formula is C15H22N2O2. The van der Waals surface area contributed by atoms with Crippen LogP contribution in [0.2, 0.25) is 0 Å². The third-order valence-corrected chi connectivity index (χ3v) is 3.93. The van der Waals surface area contributed by atoms with E-state index in [1.54, 1.807) is 0 Å². The van der Waals surface area contributed by atoms with Crippen molar-refractivity contribution in [2.45, 2.75) is 43.7 Å². The van der Waals surface area contributed by atoms with Crippen molar-refractivity contribution in [1.29, 1.82) is 0 Å². The number of amides is 1. The van der Waals surface area contributed by atoms with Crippen molar-refractivity contribution in [2.24, 2.45) is 5.73 Å². The number of aliphatic hydroxyl groups is 1. The lowest BCUT2D eigenvalue weighted by atomic mass is 9.77. The number of carbonyl (C=O) groups is 1. The van der Waals surface area contributed by atoms with Gasteiger partial charge in [-0.3, -0.25) is 4.79 Å². The van der Waals surface area contributed by atoms with Crippen molar-refractivity contribution in [1.82, 2.24) is 5.32 Å². The number of carbonyl (C=O) groups excluding carboxylic acids is 1. The van der Waals surface area contributed by atoms with Gasteiger partial charge in [-0.1, -0.05) is 30.3 Å². The molecule has 1 aliphatic carbocycles. The summed E-state index contributed by atoms with van der Waals surface area (Å²) in [5.74, 6) is -0.148. The summed E-state index contributed by atoms with van der Waals surface area (Å²) in [5.41, 5.74) is 6.70. The molecule has 0 bridgehead atoms. The molecule has 4 N–H and O–H groups in total. The van der Waals surface area contributed by atoms with Crippen molar-refractivity contribution in [2.75, 3.05) is 6.61 Å². The van der Waals surface area contributed by atoms with Crippen molar-refractivity contribution in [3.63, 3.8) is 0 Å². The second-order valence-corrected chi connectivity index (χ2v) is 5.41. The Kier molecular flexibility index (Phi) is 4.56. The average molecular weight is 262 g/mol. The largest absolute Gasteiger partial charge is 0.394 e. The van der Waals surface area contributed by atoms with Crippen LogP contribution in [0, 0.1) is 0 Å². The zero-order chi connectivity index (χ0) is 13.7. The van der Waals surface area contributed by atoms with E-state index >= 15 is 0 Å². The number of nitrogens with one attached hydrogen (secondary N) is 1. The minimum Gasteiger partial charge on any atom is -0.394 e. The summed E-state index contributed by atoms with van der Waals surface area (Å²) in [6.45, 7) is 0.00411. The molecule has 1 fully saturated rings. The van der Waals surface area contributed by atoms with Gasteiger partial charge in [0, 0.05) is 0 Å². The maximum absolute atomic E-state index is 12.0. The first-order chi connectivity index (χ1) is 9.15. The minimum atomic E-state index is -0.510. The van der Waals surface area contributed by atoms with Crippen LogP contribution < -0.4 is 11.1 Å². The van der Waals surface area contributed by atoms with Crippen LogP contribution in [0.3, 0.4) is 0 Å². The van der Waals surface area contributed by atoms with Crippen LogP contribution in [-0.2, 0) is 11.2 Å². The molecule has 1 atom stereocenters. The number of aliphatic hydroxyl groups excluding tert-OH is 1. The first-order valence-corrected chi connectivity index (χ1v) is 6.88. The molecule has 1 aromatic rings. The molecule has 4 nitrogen and oxygen atoms in total. The van der Waals surface area contributed by atoms with Gasteiger partial charge in [-0.05, 0) is 37.7 Å². The lowest BCUT2D eigenvalue weighted by molar-refractivity contribution is -0.126. The smallest absolute Gasteiger partial charge is 0.237 e. The molecule has 104 valence electrons. The zero-order valence-electron chi connectivity index (χ0n) is 11.1. The topological polar surface area (TPSA) is 75.4 Å². The third-order valence-electron chi connectivity index (χ3n) is 3.93. The average Bonchev–Trinajstić information content (AvgIpc) is 2.41. The van der Waals surface area contributed by atoms with Gasteiger partial charge >= 0.3 is 0 Å². The lowest BCUT2D eigenvalue weighted by Crippen LogP contribution is -2.59. The normalized spacial score (nSPS) is 18.4. The minimum absolute atomic E-state index is 0.00411. The van der Waals surface area contributed by atoms with Gasteiger partial charge in [0.15, 0.2) is 0 Å². The molecule has 1 saturated carbocycles. The Hall–Kier alpha value is -1.39. The second-order valence-electron chi connectivity index (χ2n) is 5.41. The van der Waals surface area contributed by atoms with Crippen LogP contribution in [0.15, 0.2) is 30.3 Å². The van der Waals surface area contributed by atoms with Crippen molar-refractivity contribution in [3.05, 3.63) is 35.9 Å². The van der Waals surface area contributed by atoms with Crippen molar-refractivity contribution >= 4 is 5.91 Å². The van der Waals surface area contributed by atoms with Gasteiger partial charge in [-0.2, -0.15) is 0 Å². The van der Waals surface area contributed by atoms with Crippen LogP contribution in [0.5, 0.6) is 0 Å². The number of benzene rings is 1. The monoisotopic (exact) mass is 262 g/mol. The lowest BCUT2D eigenvalue weighted by Gasteiger charge is -2.41. The first kappa shape index (κ1) is 14.0. The van der Waals surface area contributed by atoms with Gasteiger partial charge in [0.05, 0.1) is 18.2 Å². The van der Waals surface area contributed by atoms with Gasteiger partial charge in [0.1, 0.15) is 0 Å². The number of hydrogen-bond acceptors (Lipinski definition) is 3. The molecule has 0 unspecified atom stereocenters. The Morgan fingerprint density at radius 3 is 2.58 bits per heavy atom. The fourth-order valence-electron chi connectivity index (χ4n) is 2.38. The molecule has 0 spiro atoms. The van der Waals surface area contributed by atoms with E-state index in [2.05, 4.69) is 5.32 Å². The maximum atomic E-state index is 12.0. The summed E-state index contributed by atoms with van der Waals surface area (Å²) in [5, 5.41) is 12.2. The van der Waals surface area contributed by atoms with Gasteiger partial charge < -0.3 is 16.2 Å². The molecule has 0 radical (unpaired) electrons. The summed E-state index contributed by atoms with van der Waals surface area (Å²) in [7, 11) is 0. The fraction of sp³-hybridized carbons (Fsp3) is 0.533. The number of hydrogen-bond donors (Lipinski definition) is 3. The summed E-state index contributed by atoms with van der Waals surface area (Å²) in [6.07, 6.45) is 4.17. The van der Waals surface area contributed by atoms with E-state index in [4.69, 9.17) is 5.73 Å². The Morgan fingerprint density at radius 1 is 1.37 bits per heavy atom. The van der Waals surface area contributed by atoms with Crippen molar-refractivity contribution in [3.8, 4) is 0 Å². The molecule has 1 amide bonds. The highest BCUT2D eigenvalue weighted by molar-refractivity contribution is 5.82. The summed E-state index contributed by atoms with van der Waals surface area (Å²) in [6, 6.07) is 9.49. The van der Waals surface area contributed by atoms with Gasteiger partial charge in [0.25, 0.3) is 0 Å². The van der Waals surface area contributed by atoms with Crippen LogP contribution in [-0.4, -0.2) is 29.2 Å². The Labute approximate surface area is 114 Å². The van der Waals surface area contributed by atoms with E-state index in [1.165, 1.54) is 5.56 Å². The predicted molar refractivity (Wildman–Crippen MR) is 74.5 cm³/mol. The molecule has 0 aliphatic heterocycles. The van der Waals surface area contributed by atoms with E-state index < -0.39 is 11.6 Å². The highest BCUT2D eigenvalue weighted by atomic mass is 16.3. The summed E-state index contributed by atoms with van der Waals surface area (Å²) < 4.78 is 0. The standard InChI is InChI=1S/C15H22N2O2/c16-13(8-7-12-5-2-1-3-6-12)14(19)17-15(11-18)9-4-10-15/h1-3,5-6,13,18H,4,7-11,16H2,(H,17,19)/t13-/m0/s1. The highest BCUT2D eigenvalue weighted by Crippen LogP contribution is 2.31. The summed E-state index contributed by atoms with van der Waals surface area (Å²) >= 11 is 0. The van der Waals surface area contributed by atoms with Crippen LogP contribution in [0.25, 0.3) is 0 Å². The molecular weight excluding hydrogens is 240 g/mol. The molecule has 19 heavy (non-hydrogen) atoms. The molecule has 1 aromatic carbocycles. The Morgan fingerprint density at radius 2 is 2.05 bits per heavy atom. The molecule has 1 aliphatic rings. The first-order valence-electron chi connectivity index (χ1n) is 6.88. The number of rotatable bonds is 6. The predicted octanol–water partition coefficient (Wildman–Crippen LogP) is 0.978. The molecule has 0 aromatic heterocycles. The Bertz CT molecular complexity index is 410. The van der Waals surface area contributed by atoms with E-state index in [0.29, 0.717) is 6.42 Å². The van der Waals surface area contributed by atoms with Gasteiger partial charge in [-0.25, -0.2) is 0 Å². The molecule has 4 heteroatoms. The highest BCUT2D eigenvalue weighted by Gasteiger charge is 2.38. The number of nitrogens with two attached hydrogens (primary N) is 1. The SMILES string of the molecule is N[C@@H](CCc1ccccc1)C(=O)NC1(CO)CCC1. The van der Waals surface area contributed by atoms with Gasteiger partial charge in [0.2, 0.25) is 5.91 Å². The van der Waals surface area contributed by atoms with E-state index in [0.717, 1.165) is 25.7 Å². The number of aryl methyl sites for hydroxylation is 1. The maximum Gasteiger partial charge on any atom is 0.237 e. The van der Waals surface area contributed by atoms with Gasteiger partial charge in [-0.15, -0.1) is 0 Å². The summed E-state index contributed by atoms with van der Waals surface area (Å²) in [4.78, 5) is 12.0. The van der Waals surface area contributed by atoms with Crippen LogP contribution >= 0.6 is 0 Å². The molecule has 2 rings (SSSR count). The Balaban J connectivity index is 1.79. The fourth-order valence-corrected chi connectivity index (χ4v) is 2.38. The molecule has 0 saturated heterocycles. The molecule has 0 heterocycles. The second kappa shape index (κ2) is 6.17. The quantitative estimate of drug-likeness (QED) is 0.715. The van der Waals surface area contributed by atoms with E-state index in [1.807, 2.05) is 30.3 Å². The third kappa shape index (κ3) is 3.55. The van der Waals surface area contributed by atoms with Crippen LogP contribution in [0.1, 0.15) is 31.2 Å². The van der Waals surface area contributed by atoms with Crippen molar-refractivity contribution < 1.29 is 9.90 Å². The zero-order valence-corrected chi connectivity index (χ0v) is 11.1. The van der Waals surface area contributed by atoms with E-state index in [9.17, 15) is 9.90 Å².